The van der Waals surface area contributed by atoms with Crippen molar-refractivity contribution in [2.75, 3.05) is 16.8 Å². The van der Waals surface area contributed by atoms with Crippen molar-refractivity contribution in [3.8, 4) is 0 Å². The Morgan fingerprint density at radius 3 is 3.00 bits per heavy atom. The van der Waals surface area contributed by atoms with Crippen LogP contribution in [0, 0.1) is 0 Å². The minimum atomic E-state index is -0.136. The summed E-state index contributed by atoms with van der Waals surface area (Å²) in [7, 11) is 0. The molecule has 0 aromatic carbocycles. The van der Waals surface area contributed by atoms with E-state index in [2.05, 4.69) is 10.3 Å². The molecule has 2 aromatic rings. The molecule has 0 fully saturated rings. The zero-order chi connectivity index (χ0) is 14.8. The van der Waals surface area contributed by atoms with Crippen LogP contribution >= 0.6 is 11.3 Å². The third-order valence-electron chi connectivity index (χ3n) is 3.31. The summed E-state index contributed by atoms with van der Waals surface area (Å²) in [5, 5.41) is 3.39. The lowest BCUT2D eigenvalue weighted by molar-refractivity contribution is -0.114. The van der Waals surface area contributed by atoms with Crippen LogP contribution in [0.3, 0.4) is 0 Å². The van der Waals surface area contributed by atoms with E-state index in [0.29, 0.717) is 16.4 Å². The average Bonchev–Trinajstić information content (AvgIpc) is 2.93. The maximum Gasteiger partial charge on any atom is 0.268 e. The van der Waals surface area contributed by atoms with Crippen LogP contribution in [-0.4, -0.2) is 23.3 Å². The van der Waals surface area contributed by atoms with Crippen LogP contribution in [0.2, 0.25) is 0 Å². The van der Waals surface area contributed by atoms with Crippen LogP contribution in [0.4, 0.5) is 10.7 Å². The Hall–Kier alpha value is -2.21. The molecule has 5 nitrogen and oxygen atoms in total. The van der Waals surface area contributed by atoms with Gasteiger partial charge in [0.1, 0.15) is 0 Å². The highest BCUT2D eigenvalue weighted by atomic mass is 32.1. The lowest BCUT2D eigenvalue weighted by atomic mass is 10.1. The number of hydrogen-bond acceptors (Lipinski definition) is 4. The molecule has 1 aliphatic rings. The number of thiophene rings is 1. The Morgan fingerprint density at radius 2 is 2.19 bits per heavy atom. The largest absolute Gasteiger partial charge is 0.318 e. The molecular weight excluding hydrogens is 286 g/mol. The minimum Gasteiger partial charge on any atom is -0.318 e. The van der Waals surface area contributed by atoms with Gasteiger partial charge < -0.3 is 10.2 Å². The summed E-state index contributed by atoms with van der Waals surface area (Å²) >= 11 is 1.29. The maximum absolute atomic E-state index is 12.7. The van der Waals surface area contributed by atoms with Crippen molar-refractivity contribution in [3.05, 3.63) is 41.0 Å². The van der Waals surface area contributed by atoms with Gasteiger partial charge >= 0.3 is 0 Å². The van der Waals surface area contributed by atoms with Crippen molar-refractivity contribution < 1.29 is 9.59 Å². The lowest BCUT2D eigenvalue weighted by Gasteiger charge is -2.28. The molecule has 0 saturated heterocycles. The Balaban J connectivity index is 1.86. The van der Waals surface area contributed by atoms with Gasteiger partial charge in [0.25, 0.3) is 5.91 Å². The topological polar surface area (TPSA) is 62.3 Å². The lowest BCUT2D eigenvalue weighted by Crippen LogP contribution is -2.35. The number of aryl methyl sites for hydroxylation is 1. The van der Waals surface area contributed by atoms with E-state index in [0.717, 1.165) is 24.2 Å². The van der Waals surface area contributed by atoms with E-state index in [1.807, 2.05) is 12.1 Å². The summed E-state index contributed by atoms with van der Waals surface area (Å²) in [6.45, 7) is 2.15. The average molecular weight is 301 g/mol. The molecule has 108 valence electrons. The van der Waals surface area contributed by atoms with Gasteiger partial charge in [-0.25, -0.2) is 0 Å². The molecule has 3 heterocycles. The van der Waals surface area contributed by atoms with Crippen molar-refractivity contribution in [3.63, 3.8) is 0 Å². The molecule has 0 atom stereocenters. The molecule has 2 amide bonds. The summed E-state index contributed by atoms with van der Waals surface area (Å²) in [6, 6.07) is 7.29. The van der Waals surface area contributed by atoms with Gasteiger partial charge in [0.15, 0.2) is 0 Å². The standard InChI is InChI=1S/C15H15N3O2S/c1-10(19)17-14-7-6-13(21-14)15(20)18-9-3-4-11-12(18)5-2-8-16-11/h2,5-8H,3-4,9H2,1H3,(H,17,19). The van der Waals surface area contributed by atoms with Crippen LogP contribution in [0.15, 0.2) is 30.5 Å². The highest BCUT2D eigenvalue weighted by Gasteiger charge is 2.25. The molecule has 21 heavy (non-hydrogen) atoms. The third-order valence-corrected chi connectivity index (χ3v) is 4.30. The number of amides is 2. The van der Waals surface area contributed by atoms with Crippen LogP contribution in [-0.2, 0) is 11.2 Å². The molecular formula is C15H15N3O2S. The highest BCUT2D eigenvalue weighted by molar-refractivity contribution is 7.18. The Kier molecular flexibility index (Phi) is 3.70. The number of nitrogens with one attached hydrogen (secondary N) is 1. The predicted molar refractivity (Wildman–Crippen MR) is 82.9 cm³/mol. The van der Waals surface area contributed by atoms with Crippen molar-refractivity contribution in [1.29, 1.82) is 0 Å². The molecule has 0 radical (unpaired) electrons. The van der Waals surface area contributed by atoms with E-state index in [9.17, 15) is 9.59 Å². The fraction of sp³-hybridized carbons (Fsp3) is 0.267. The van der Waals surface area contributed by atoms with Gasteiger partial charge in [-0.3, -0.25) is 14.6 Å². The van der Waals surface area contributed by atoms with Crippen molar-refractivity contribution in [1.82, 2.24) is 4.98 Å². The van der Waals surface area contributed by atoms with E-state index in [-0.39, 0.29) is 11.8 Å². The monoisotopic (exact) mass is 301 g/mol. The van der Waals surface area contributed by atoms with E-state index < -0.39 is 0 Å². The van der Waals surface area contributed by atoms with Crippen molar-refractivity contribution in [2.24, 2.45) is 0 Å². The smallest absolute Gasteiger partial charge is 0.268 e. The number of carbonyl (C=O) groups is 2. The molecule has 0 spiro atoms. The van der Waals surface area contributed by atoms with Gasteiger partial charge in [-0.2, -0.15) is 0 Å². The van der Waals surface area contributed by atoms with E-state index in [1.165, 1.54) is 18.3 Å². The van der Waals surface area contributed by atoms with Crippen molar-refractivity contribution in [2.45, 2.75) is 19.8 Å². The molecule has 1 aliphatic heterocycles. The van der Waals surface area contributed by atoms with E-state index >= 15 is 0 Å². The van der Waals surface area contributed by atoms with Crippen LogP contribution in [0.5, 0.6) is 0 Å². The number of rotatable bonds is 2. The molecule has 0 bridgehead atoms. The number of nitrogens with zero attached hydrogens (tertiary/aromatic N) is 2. The number of anilines is 2. The first kappa shape index (κ1) is 13.8. The summed E-state index contributed by atoms with van der Waals surface area (Å²) < 4.78 is 0. The van der Waals surface area contributed by atoms with Gasteiger partial charge in [0.2, 0.25) is 5.91 Å². The first-order valence-electron chi connectivity index (χ1n) is 6.78. The Labute approximate surface area is 126 Å². The van der Waals surface area contributed by atoms with Gasteiger partial charge in [0.05, 0.1) is 21.3 Å². The zero-order valence-electron chi connectivity index (χ0n) is 11.6. The predicted octanol–water partition coefficient (Wildman–Crippen LogP) is 2.69. The fourth-order valence-corrected chi connectivity index (χ4v) is 3.33. The number of hydrogen-bond donors (Lipinski definition) is 1. The second-order valence-corrected chi connectivity index (χ2v) is 5.96. The number of aromatic nitrogens is 1. The molecule has 6 heteroatoms. The van der Waals surface area contributed by atoms with Gasteiger partial charge in [-0.05, 0) is 37.1 Å². The van der Waals surface area contributed by atoms with E-state index in [1.54, 1.807) is 23.2 Å². The number of fused-ring (bicyclic) bond motifs is 1. The van der Waals surface area contributed by atoms with Gasteiger partial charge in [-0.15, -0.1) is 11.3 Å². The summed E-state index contributed by atoms with van der Waals surface area (Å²) in [5.74, 6) is -0.172. The van der Waals surface area contributed by atoms with Gasteiger partial charge in [0, 0.05) is 19.7 Å². The van der Waals surface area contributed by atoms with Gasteiger partial charge in [-0.1, -0.05) is 0 Å². The number of carbonyl (C=O) groups excluding carboxylic acids is 2. The minimum absolute atomic E-state index is 0.0365. The Morgan fingerprint density at radius 1 is 1.33 bits per heavy atom. The maximum atomic E-state index is 12.7. The first-order chi connectivity index (χ1) is 10.1. The summed E-state index contributed by atoms with van der Waals surface area (Å²) in [5.41, 5.74) is 1.86. The quantitative estimate of drug-likeness (QED) is 0.927. The molecule has 3 rings (SSSR count). The molecule has 0 saturated carbocycles. The second-order valence-electron chi connectivity index (χ2n) is 4.87. The highest BCUT2D eigenvalue weighted by Crippen LogP contribution is 2.29. The summed E-state index contributed by atoms with van der Waals surface area (Å²) in [4.78, 5) is 30.4. The zero-order valence-corrected chi connectivity index (χ0v) is 12.4. The SMILES string of the molecule is CC(=O)Nc1ccc(C(=O)N2CCCc3ncccc32)s1. The first-order valence-corrected chi connectivity index (χ1v) is 7.60. The number of pyridine rings is 1. The Bertz CT molecular complexity index is 696. The molecule has 1 N–H and O–H groups in total. The van der Waals surface area contributed by atoms with Crippen LogP contribution < -0.4 is 10.2 Å². The molecule has 2 aromatic heterocycles. The third kappa shape index (κ3) is 2.80. The fourth-order valence-electron chi connectivity index (χ4n) is 2.43. The molecule has 0 aliphatic carbocycles. The van der Waals surface area contributed by atoms with Crippen LogP contribution in [0.1, 0.15) is 28.7 Å². The second kappa shape index (κ2) is 5.65. The van der Waals surface area contributed by atoms with Crippen LogP contribution in [0.25, 0.3) is 0 Å². The van der Waals surface area contributed by atoms with E-state index in [4.69, 9.17) is 0 Å². The van der Waals surface area contributed by atoms with Crippen molar-refractivity contribution >= 4 is 33.8 Å². The normalized spacial score (nSPS) is 13.7. The molecule has 0 unspecified atom stereocenters. The summed E-state index contributed by atoms with van der Waals surface area (Å²) in [6.07, 6.45) is 3.58.